The summed E-state index contributed by atoms with van der Waals surface area (Å²) >= 11 is 0. The fourth-order valence-corrected chi connectivity index (χ4v) is 0.596. The van der Waals surface area contributed by atoms with Crippen LogP contribution in [0.4, 0.5) is 0 Å². The first-order chi connectivity index (χ1) is 5.72. The first kappa shape index (κ1) is 10.7. The van der Waals surface area contributed by atoms with Crippen LogP contribution in [0.15, 0.2) is 24.1 Å². The van der Waals surface area contributed by atoms with Gasteiger partial charge in [0.05, 0.1) is 5.71 Å². The van der Waals surface area contributed by atoms with E-state index in [-0.39, 0.29) is 0 Å². The zero-order valence-corrected chi connectivity index (χ0v) is 7.64. The quantitative estimate of drug-likeness (QED) is 0.324. The highest BCUT2D eigenvalue weighted by atomic mass is 16.6. The Balaban J connectivity index is 3.95. The molecule has 0 spiro atoms. The average molecular weight is 169 g/mol. The average Bonchev–Trinajstić information content (AvgIpc) is 2.05. The van der Waals surface area contributed by atoms with Crippen LogP contribution in [0.1, 0.15) is 6.92 Å². The van der Waals surface area contributed by atoms with Gasteiger partial charge in [0.15, 0.2) is 0 Å². The second-order valence-electron chi connectivity index (χ2n) is 2.15. The normalized spacial score (nSPS) is 11.8. The Bertz CT molecular complexity index is 196. The highest BCUT2D eigenvalue weighted by Gasteiger charge is 1.92. The number of hydroxylamine groups is 1. The molecule has 4 heteroatoms. The molecule has 0 atom stereocenters. The molecule has 0 aliphatic rings. The van der Waals surface area contributed by atoms with Crippen molar-refractivity contribution in [3.63, 3.8) is 0 Å². The Morgan fingerprint density at radius 2 is 2.08 bits per heavy atom. The summed E-state index contributed by atoms with van der Waals surface area (Å²) in [4.78, 5) is 4.71. The Morgan fingerprint density at radius 3 is 2.58 bits per heavy atom. The third-order valence-corrected chi connectivity index (χ3v) is 1.21. The second kappa shape index (κ2) is 6.42. The monoisotopic (exact) mass is 169 g/mol. The lowest BCUT2D eigenvalue weighted by Crippen LogP contribution is -2.03. The van der Waals surface area contributed by atoms with Gasteiger partial charge in [-0.15, -0.1) is 0 Å². The van der Waals surface area contributed by atoms with Crippen molar-refractivity contribution in [3.05, 3.63) is 24.1 Å². The van der Waals surface area contributed by atoms with Crippen LogP contribution in [-0.2, 0) is 4.84 Å². The van der Waals surface area contributed by atoms with Crippen LogP contribution in [0, 0.1) is 5.41 Å². The van der Waals surface area contributed by atoms with Gasteiger partial charge in [-0.25, -0.2) is 0 Å². The van der Waals surface area contributed by atoms with Crippen LogP contribution < -0.4 is 10.8 Å². The lowest BCUT2D eigenvalue weighted by atomic mass is 10.2. The van der Waals surface area contributed by atoms with Crippen LogP contribution in [0.3, 0.4) is 0 Å². The van der Waals surface area contributed by atoms with Gasteiger partial charge in [-0.2, -0.15) is 5.48 Å². The number of rotatable bonds is 5. The molecule has 0 aliphatic carbocycles. The fraction of sp³-hybridized carbons (Fsp3) is 0.375. The van der Waals surface area contributed by atoms with Gasteiger partial charge in [-0.1, -0.05) is 0 Å². The topological polar surface area (TPSA) is 57.1 Å². The summed E-state index contributed by atoms with van der Waals surface area (Å²) < 4.78 is 0. The van der Waals surface area contributed by atoms with E-state index in [1.807, 2.05) is 6.92 Å². The molecule has 3 N–H and O–H groups in total. The lowest BCUT2D eigenvalue weighted by molar-refractivity contribution is 0.159. The van der Waals surface area contributed by atoms with Gasteiger partial charge in [0, 0.05) is 26.4 Å². The standard InChI is InChI=1S/C8H15N3O/c1-7(6-10-2)8(9)4-5-12-11-3/h4-6,9-11H,1-3H3/b5-4+,7-6+,9-8?. The third-order valence-electron chi connectivity index (χ3n) is 1.21. The van der Waals surface area contributed by atoms with Crippen molar-refractivity contribution in [2.24, 2.45) is 0 Å². The second-order valence-corrected chi connectivity index (χ2v) is 2.15. The Kier molecular flexibility index (Phi) is 5.73. The summed E-state index contributed by atoms with van der Waals surface area (Å²) in [6, 6.07) is 0. The highest BCUT2D eigenvalue weighted by molar-refractivity contribution is 6.05. The lowest BCUT2D eigenvalue weighted by Gasteiger charge is -1.98. The van der Waals surface area contributed by atoms with Crippen LogP contribution >= 0.6 is 0 Å². The van der Waals surface area contributed by atoms with Gasteiger partial charge in [0.1, 0.15) is 6.26 Å². The fourth-order valence-electron chi connectivity index (χ4n) is 0.596. The molecule has 0 radical (unpaired) electrons. The number of hydrogen-bond acceptors (Lipinski definition) is 4. The molecule has 12 heavy (non-hydrogen) atoms. The van der Waals surface area contributed by atoms with Crippen molar-refractivity contribution in [1.29, 1.82) is 5.41 Å². The minimum atomic E-state index is 0.416. The molecule has 0 aliphatic heterocycles. The molecule has 0 aromatic rings. The molecule has 0 unspecified atom stereocenters. The van der Waals surface area contributed by atoms with Crippen molar-refractivity contribution < 1.29 is 4.84 Å². The molecule has 0 aromatic heterocycles. The maximum atomic E-state index is 7.47. The number of allylic oxidation sites excluding steroid dienone is 2. The van der Waals surface area contributed by atoms with E-state index in [1.54, 1.807) is 26.4 Å². The first-order valence-electron chi connectivity index (χ1n) is 3.64. The predicted molar refractivity (Wildman–Crippen MR) is 49.8 cm³/mol. The number of nitrogens with one attached hydrogen (secondary N) is 3. The summed E-state index contributed by atoms with van der Waals surface area (Å²) in [5.74, 6) is 0. The van der Waals surface area contributed by atoms with Crippen molar-refractivity contribution in [2.45, 2.75) is 6.92 Å². The summed E-state index contributed by atoms with van der Waals surface area (Å²) in [6.45, 7) is 1.85. The largest absolute Gasteiger partial charge is 0.417 e. The van der Waals surface area contributed by atoms with Crippen LogP contribution in [0.5, 0.6) is 0 Å². The zero-order valence-electron chi connectivity index (χ0n) is 7.64. The van der Waals surface area contributed by atoms with Gasteiger partial charge in [-0.3, -0.25) is 0 Å². The van der Waals surface area contributed by atoms with E-state index < -0.39 is 0 Å². The maximum Gasteiger partial charge on any atom is 0.113 e. The number of hydrogen-bond donors (Lipinski definition) is 3. The van der Waals surface area contributed by atoms with E-state index in [1.165, 1.54) is 6.26 Å². The predicted octanol–water partition coefficient (Wildman–Crippen LogP) is 0.794. The molecule has 0 saturated carbocycles. The molecule has 68 valence electrons. The van der Waals surface area contributed by atoms with E-state index in [2.05, 4.69) is 10.8 Å². The van der Waals surface area contributed by atoms with Gasteiger partial charge in [-0.05, 0) is 12.5 Å². The molecule has 0 fully saturated rings. The summed E-state index contributed by atoms with van der Waals surface area (Å²) in [7, 11) is 3.45. The molecule has 0 saturated heterocycles. The smallest absolute Gasteiger partial charge is 0.113 e. The van der Waals surface area contributed by atoms with Crippen LogP contribution in [-0.4, -0.2) is 19.8 Å². The summed E-state index contributed by atoms with van der Waals surface area (Å²) in [6.07, 6.45) is 4.75. The van der Waals surface area contributed by atoms with Crippen LogP contribution in [0.2, 0.25) is 0 Å². The van der Waals surface area contributed by atoms with E-state index >= 15 is 0 Å². The van der Waals surface area contributed by atoms with Crippen molar-refractivity contribution in [3.8, 4) is 0 Å². The molecule has 0 amide bonds. The van der Waals surface area contributed by atoms with Crippen molar-refractivity contribution in [2.75, 3.05) is 14.1 Å². The zero-order chi connectivity index (χ0) is 9.40. The van der Waals surface area contributed by atoms with Gasteiger partial charge < -0.3 is 15.6 Å². The SMILES string of the molecule is CN/C=C(\C)C(=N)/C=C/ONC. The van der Waals surface area contributed by atoms with Crippen molar-refractivity contribution >= 4 is 5.71 Å². The Labute approximate surface area is 72.8 Å². The van der Waals surface area contributed by atoms with E-state index in [0.717, 1.165) is 5.57 Å². The van der Waals surface area contributed by atoms with E-state index in [9.17, 15) is 0 Å². The summed E-state index contributed by atoms with van der Waals surface area (Å²) in [5, 5.41) is 10.3. The molecule has 0 aromatic carbocycles. The minimum absolute atomic E-state index is 0.416. The molecule has 0 rings (SSSR count). The molecular formula is C8H15N3O. The maximum absolute atomic E-state index is 7.47. The molecule has 0 bridgehead atoms. The van der Waals surface area contributed by atoms with E-state index in [4.69, 9.17) is 10.2 Å². The molecule has 0 heterocycles. The van der Waals surface area contributed by atoms with E-state index in [0.29, 0.717) is 5.71 Å². The highest BCUT2D eigenvalue weighted by Crippen LogP contribution is 1.94. The molecular weight excluding hydrogens is 154 g/mol. The Hall–Kier alpha value is -1.29. The molecule has 4 nitrogen and oxygen atoms in total. The third kappa shape index (κ3) is 4.51. The van der Waals surface area contributed by atoms with Gasteiger partial charge >= 0.3 is 0 Å². The first-order valence-corrected chi connectivity index (χ1v) is 3.64. The summed E-state index contributed by atoms with van der Waals surface area (Å²) in [5.41, 5.74) is 3.75. The van der Waals surface area contributed by atoms with Crippen LogP contribution in [0.25, 0.3) is 0 Å². The minimum Gasteiger partial charge on any atom is -0.417 e. The van der Waals surface area contributed by atoms with Crippen molar-refractivity contribution in [1.82, 2.24) is 10.8 Å². The van der Waals surface area contributed by atoms with Gasteiger partial charge in [0.2, 0.25) is 0 Å². The Morgan fingerprint density at radius 1 is 1.42 bits per heavy atom. The van der Waals surface area contributed by atoms with Gasteiger partial charge in [0.25, 0.3) is 0 Å².